The summed E-state index contributed by atoms with van der Waals surface area (Å²) in [5, 5.41) is 21.1. The topological polar surface area (TPSA) is 66.2 Å². The van der Waals surface area contributed by atoms with Gasteiger partial charge in [-0.25, -0.2) is 0 Å². The van der Waals surface area contributed by atoms with Gasteiger partial charge >= 0.3 is 0 Å². The molecule has 0 radical (unpaired) electrons. The highest BCUT2D eigenvalue weighted by Crippen LogP contribution is 2.64. The number of ether oxygens (including phenoxy) is 1. The SMILES string of the molecule is N=C1CC(c2ccccc2)C2(c3ccc(Br)cc3)Oc3cc(Cl)cnc3C12O. The molecule has 0 amide bonds. The van der Waals surface area contributed by atoms with Crippen molar-refractivity contribution in [3.8, 4) is 5.75 Å². The van der Waals surface area contributed by atoms with Gasteiger partial charge in [-0.3, -0.25) is 4.98 Å². The molecule has 0 spiro atoms. The van der Waals surface area contributed by atoms with Crippen molar-refractivity contribution in [1.82, 2.24) is 4.98 Å². The zero-order valence-corrected chi connectivity index (χ0v) is 17.0. The third-order valence-electron chi connectivity index (χ3n) is 5.78. The third-order valence-corrected chi connectivity index (χ3v) is 6.52. The number of hydrogen-bond acceptors (Lipinski definition) is 4. The summed E-state index contributed by atoms with van der Waals surface area (Å²) < 4.78 is 7.44. The molecule has 0 bridgehead atoms. The molecule has 3 aromatic rings. The lowest BCUT2D eigenvalue weighted by atomic mass is 9.72. The number of aromatic nitrogens is 1. The number of nitrogens with zero attached hydrogens (tertiary/aromatic N) is 1. The minimum absolute atomic E-state index is 0.192. The molecule has 3 atom stereocenters. The van der Waals surface area contributed by atoms with Gasteiger partial charge in [0.1, 0.15) is 11.4 Å². The number of halogens is 2. The average Bonchev–Trinajstić information content (AvgIpc) is 3.09. The van der Waals surface area contributed by atoms with Gasteiger partial charge in [-0.2, -0.15) is 0 Å². The van der Waals surface area contributed by atoms with E-state index in [1.54, 1.807) is 6.07 Å². The van der Waals surface area contributed by atoms with E-state index in [-0.39, 0.29) is 11.6 Å². The lowest BCUT2D eigenvalue weighted by Gasteiger charge is -2.39. The Kier molecular flexibility index (Phi) is 3.92. The van der Waals surface area contributed by atoms with Crippen LogP contribution in [0.4, 0.5) is 0 Å². The molecule has 1 aromatic heterocycles. The summed E-state index contributed by atoms with van der Waals surface area (Å²) in [6, 6.07) is 19.3. The molecule has 1 saturated carbocycles. The van der Waals surface area contributed by atoms with Crippen molar-refractivity contribution < 1.29 is 9.84 Å². The molecule has 140 valence electrons. The van der Waals surface area contributed by atoms with Crippen molar-refractivity contribution in [2.75, 3.05) is 0 Å². The van der Waals surface area contributed by atoms with Crippen molar-refractivity contribution in [3.05, 3.63) is 93.2 Å². The van der Waals surface area contributed by atoms with Crippen LogP contribution in [0, 0.1) is 5.41 Å². The van der Waals surface area contributed by atoms with Crippen LogP contribution in [0.3, 0.4) is 0 Å². The number of hydrogen-bond donors (Lipinski definition) is 2. The van der Waals surface area contributed by atoms with Crippen LogP contribution in [-0.4, -0.2) is 15.8 Å². The normalized spacial score (nSPS) is 28.0. The van der Waals surface area contributed by atoms with Crippen molar-refractivity contribution in [1.29, 1.82) is 5.41 Å². The highest BCUT2D eigenvalue weighted by molar-refractivity contribution is 9.10. The lowest BCUT2D eigenvalue weighted by molar-refractivity contribution is -0.0756. The Balaban J connectivity index is 1.82. The van der Waals surface area contributed by atoms with Crippen LogP contribution in [0.2, 0.25) is 5.02 Å². The number of rotatable bonds is 2. The van der Waals surface area contributed by atoms with Gasteiger partial charge < -0.3 is 15.3 Å². The smallest absolute Gasteiger partial charge is 0.192 e. The molecule has 4 nitrogen and oxygen atoms in total. The summed E-state index contributed by atoms with van der Waals surface area (Å²) in [5.41, 5.74) is -0.512. The quantitative estimate of drug-likeness (QED) is 0.559. The first-order chi connectivity index (χ1) is 13.5. The molecular weight excluding hydrogens is 440 g/mol. The Bertz CT molecular complexity index is 1090. The van der Waals surface area contributed by atoms with E-state index >= 15 is 0 Å². The van der Waals surface area contributed by atoms with E-state index in [9.17, 15) is 5.11 Å². The molecule has 2 N–H and O–H groups in total. The highest BCUT2D eigenvalue weighted by Gasteiger charge is 2.72. The molecule has 1 fully saturated rings. The maximum Gasteiger partial charge on any atom is 0.192 e. The van der Waals surface area contributed by atoms with Crippen LogP contribution in [-0.2, 0) is 11.2 Å². The fourth-order valence-electron chi connectivity index (χ4n) is 4.58. The number of fused-ring (bicyclic) bond motifs is 3. The van der Waals surface area contributed by atoms with Gasteiger partial charge in [0.25, 0.3) is 0 Å². The first-order valence-corrected chi connectivity index (χ1v) is 10.1. The fraction of sp³-hybridized carbons (Fsp3) is 0.182. The Morgan fingerprint density at radius 3 is 2.57 bits per heavy atom. The molecule has 1 aliphatic heterocycles. The fourth-order valence-corrected chi connectivity index (χ4v) is 5.00. The predicted molar refractivity (Wildman–Crippen MR) is 111 cm³/mol. The molecule has 3 unspecified atom stereocenters. The number of pyridine rings is 1. The molecule has 0 saturated heterocycles. The van der Waals surface area contributed by atoms with Crippen molar-refractivity contribution in [2.45, 2.75) is 23.5 Å². The van der Waals surface area contributed by atoms with Gasteiger partial charge in [-0.15, -0.1) is 0 Å². The minimum atomic E-state index is -1.67. The first-order valence-electron chi connectivity index (χ1n) is 8.93. The summed E-state index contributed by atoms with van der Waals surface area (Å²) in [6.45, 7) is 0. The summed E-state index contributed by atoms with van der Waals surface area (Å²) >= 11 is 9.62. The van der Waals surface area contributed by atoms with Crippen LogP contribution in [0.5, 0.6) is 5.75 Å². The van der Waals surface area contributed by atoms with E-state index in [1.807, 2.05) is 54.6 Å². The van der Waals surface area contributed by atoms with Gasteiger partial charge in [0.15, 0.2) is 11.2 Å². The lowest BCUT2D eigenvalue weighted by Crippen LogP contribution is -2.50. The van der Waals surface area contributed by atoms with Crippen LogP contribution in [0.25, 0.3) is 0 Å². The maximum absolute atomic E-state index is 12.0. The molecule has 1 aliphatic carbocycles. The molecular formula is C22H16BrClN2O2. The summed E-state index contributed by atoms with van der Waals surface area (Å²) in [5.74, 6) is 0.170. The van der Waals surface area contributed by atoms with Gasteiger partial charge in [-0.05, 0) is 29.7 Å². The van der Waals surface area contributed by atoms with Crippen LogP contribution >= 0.6 is 27.5 Å². The minimum Gasteiger partial charge on any atom is -0.476 e. The number of benzene rings is 2. The van der Waals surface area contributed by atoms with Crippen molar-refractivity contribution in [3.63, 3.8) is 0 Å². The average molecular weight is 456 g/mol. The second-order valence-electron chi connectivity index (χ2n) is 7.20. The molecule has 2 aliphatic rings. The molecule has 2 heterocycles. The Hall–Kier alpha value is -2.21. The highest BCUT2D eigenvalue weighted by atomic mass is 79.9. The Morgan fingerprint density at radius 1 is 1.14 bits per heavy atom. The van der Waals surface area contributed by atoms with Crippen LogP contribution < -0.4 is 4.74 Å². The Labute approximate surface area is 175 Å². The number of nitrogens with one attached hydrogen (secondary N) is 1. The van der Waals surface area contributed by atoms with Crippen LogP contribution in [0.15, 0.2) is 71.3 Å². The van der Waals surface area contributed by atoms with E-state index in [2.05, 4.69) is 20.9 Å². The second-order valence-corrected chi connectivity index (χ2v) is 8.55. The third kappa shape index (κ3) is 2.21. The predicted octanol–water partition coefficient (Wildman–Crippen LogP) is 5.18. The Morgan fingerprint density at radius 2 is 1.86 bits per heavy atom. The van der Waals surface area contributed by atoms with Gasteiger partial charge in [-0.1, -0.05) is 70.0 Å². The van der Waals surface area contributed by atoms with E-state index < -0.39 is 11.2 Å². The standard InChI is InChI=1S/C22H16BrClN2O2/c23-15-8-6-14(7-9-15)22-17(13-4-2-1-3-5-13)11-19(25)21(22,27)20-18(28-22)10-16(24)12-26-20/h1-10,12,17,25,27H,11H2. The molecule has 28 heavy (non-hydrogen) atoms. The van der Waals surface area contributed by atoms with E-state index in [0.29, 0.717) is 22.9 Å². The first kappa shape index (κ1) is 17.9. The summed E-state index contributed by atoms with van der Waals surface area (Å²) in [4.78, 5) is 4.38. The largest absolute Gasteiger partial charge is 0.476 e. The van der Waals surface area contributed by atoms with Crippen molar-refractivity contribution in [2.24, 2.45) is 0 Å². The van der Waals surface area contributed by atoms with E-state index in [0.717, 1.165) is 15.6 Å². The monoisotopic (exact) mass is 454 g/mol. The number of aliphatic hydroxyl groups is 1. The summed E-state index contributed by atoms with van der Waals surface area (Å²) in [7, 11) is 0. The molecule has 2 aromatic carbocycles. The molecule has 6 heteroatoms. The zero-order chi connectivity index (χ0) is 19.5. The van der Waals surface area contributed by atoms with Gasteiger partial charge in [0.2, 0.25) is 0 Å². The van der Waals surface area contributed by atoms with E-state index in [4.69, 9.17) is 21.7 Å². The molecule has 5 rings (SSSR count). The zero-order valence-electron chi connectivity index (χ0n) is 14.7. The van der Waals surface area contributed by atoms with Crippen molar-refractivity contribution >= 4 is 33.2 Å². The summed E-state index contributed by atoms with van der Waals surface area (Å²) in [6.07, 6.45) is 1.86. The van der Waals surface area contributed by atoms with E-state index in [1.165, 1.54) is 6.20 Å². The van der Waals surface area contributed by atoms with Gasteiger partial charge in [0, 0.05) is 22.7 Å². The van der Waals surface area contributed by atoms with Gasteiger partial charge in [0.05, 0.1) is 10.7 Å². The van der Waals surface area contributed by atoms with Crippen LogP contribution in [0.1, 0.15) is 29.2 Å². The maximum atomic E-state index is 12.0. The second kappa shape index (κ2) is 6.14.